The molecule has 0 aliphatic heterocycles. The highest BCUT2D eigenvalue weighted by Crippen LogP contribution is 2.27. The minimum Gasteiger partial charge on any atom is -0.493 e. The summed E-state index contributed by atoms with van der Waals surface area (Å²) in [5.74, 6) is 1.09. The number of para-hydroxylation sites is 1. The number of nitrogens with zero attached hydrogens (tertiary/aromatic N) is 2. The number of aromatic nitrogens is 2. The topological polar surface area (TPSA) is 64.1 Å². The van der Waals surface area contributed by atoms with Crippen molar-refractivity contribution in [3.05, 3.63) is 71.8 Å². The van der Waals surface area contributed by atoms with Crippen molar-refractivity contribution in [2.75, 3.05) is 17.7 Å². The minimum atomic E-state index is -0.254. The van der Waals surface area contributed by atoms with Gasteiger partial charge in [0, 0.05) is 5.75 Å². The molecule has 5 nitrogen and oxygen atoms in total. The fourth-order valence-electron chi connectivity index (χ4n) is 2.29. The lowest BCUT2D eigenvalue weighted by Crippen LogP contribution is -2.13. The van der Waals surface area contributed by atoms with E-state index in [-0.39, 0.29) is 5.91 Å². The van der Waals surface area contributed by atoms with Crippen LogP contribution >= 0.6 is 23.1 Å². The zero-order valence-electron chi connectivity index (χ0n) is 14.8. The van der Waals surface area contributed by atoms with Crippen LogP contribution in [-0.4, -0.2) is 28.5 Å². The molecule has 1 heterocycles. The summed E-state index contributed by atoms with van der Waals surface area (Å²) in [4.78, 5) is 12.5. The zero-order chi connectivity index (χ0) is 18.9. The molecular weight excluding hydrogens is 378 g/mol. The number of carbonyl (C=O) groups excluding carboxylic acids is 1. The molecule has 3 aromatic rings. The van der Waals surface area contributed by atoms with Crippen LogP contribution in [0.1, 0.15) is 22.8 Å². The van der Waals surface area contributed by atoms with E-state index < -0.39 is 0 Å². The van der Waals surface area contributed by atoms with E-state index >= 15 is 0 Å². The number of amides is 1. The first-order valence-corrected chi connectivity index (χ1v) is 10.3. The van der Waals surface area contributed by atoms with Crippen LogP contribution in [0.5, 0.6) is 5.75 Å². The van der Waals surface area contributed by atoms with Gasteiger partial charge in [-0.3, -0.25) is 10.1 Å². The summed E-state index contributed by atoms with van der Waals surface area (Å²) < 4.78 is 6.30. The van der Waals surface area contributed by atoms with E-state index in [0.29, 0.717) is 23.1 Å². The van der Waals surface area contributed by atoms with Crippen molar-refractivity contribution < 1.29 is 9.53 Å². The second-order valence-electron chi connectivity index (χ2n) is 5.38. The van der Waals surface area contributed by atoms with Gasteiger partial charge in [0.2, 0.25) is 5.13 Å². The summed E-state index contributed by atoms with van der Waals surface area (Å²) in [5.41, 5.74) is 1.64. The highest BCUT2D eigenvalue weighted by molar-refractivity contribution is 8.01. The van der Waals surface area contributed by atoms with Crippen LogP contribution in [0.25, 0.3) is 6.08 Å². The van der Waals surface area contributed by atoms with Gasteiger partial charge < -0.3 is 4.74 Å². The average Bonchev–Trinajstić information content (AvgIpc) is 3.14. The molecule has 0 aliphatic rings. The lowest BCUT2D eigenvalue weighted by molar-refractivity contribution is 0.102. The number of benzene rings is 2. The first-order valence-electron chi connectivity index (χ1n) is 8.47. The van der Waals surface area contributed by atoms with Crippen molar-refractivity contribution in [3.8, 4) is 5.75 Å². The van der Waals surface area contributed by atoms with E-state index in [4.69, 9.17) is 4.74 Å². The summed E-state index contributed by atoms with van der Waals surface area (Å²) in [6, 6.07) is 17.3. The molecule has 0 fully saturated rings. The van der Waals surface area contributed by atoms with E-state index in [9.17, 15) is 4.79 Å². The fourth-order valence-corrected chi connectivity index (χ4v) is 3.87. The second kappa shape index (κ2) is 9.89. The van der Waals surface area contributed by atoms with Crippen LogP contribution in [0.3, 0.4) is 0 Å². The Morgan fingerprint density at radius 2 is 1.93 bits per heavy atom. The molecule has 0 saturated heterocycles. The monoisotopic (exact) mass is 397 g/mol. The Labute approximate surface area is 166 Å². The summed E-state index contributed by atoms with van der Waals surface area (Å²) in [6.07, 6.45) is 4.15. The molecule has 0 atom stereocenters. The SMILES string of the molecule is CCOc1ccccc1C(=O)Nc1nnc(SC/C=C/c2ccccc2)s1. The van der Waals surface area contributed by atoms with Gasteiger partial charge in [0.15, 0.2) is 4.34 Å². The van der Waals surface area contributed by atoms with Gasteiger partial charge in [-0.1, -0.05) is 77.7 Å². The zero-order valence-corrected chi connectivity index (χ0v) is 16.4. The first-order chi connectivity index (χ1) is 13.3. The Bertz CT molecular complexity index is 910. The number of thioether (sulfide) groups is 1. The lowest BCUT2D eigenvalue weighted by atomic mass is 10.2. The predicted octanol–water partition coefficient (Wildman–Crippen LogP) is 4.99. The summed E-state index contributed by atoms with van der Waals surface area (Å²) in [6.45, 7) is 2.38. The molecule has 0 radical (unpaired) electrons. The van der Waals surface area contributed by atoms with Gasteiger partial charge in [0.1, 0.15) is 5.75 Å². The molecule has 2 aromatic carbocycles. The maximum atomic E-state index is 12.5. The second-order valence-corrected chi connectivity index (χ2v) is 7.63. The van der Waals surface area contributed by atoms with E-state index in [1.165, 1.54) is 11.3 Å². The molecule has 0 saturated carbocycles. The summed E-state index contributed by atoms with van der Waals surface area (Å²) >= 11 is 2.93. The van der Waals surface area contributed by atoms with Crippen LogP contribution in [0.15, 0.2) is 65.0 Å². The van der Waals surface area contributed by atoms with Crippen molar-refractivity contribution in [2.24, 2.45) is 0 Å². The van der Waals surface area contributed by atoms with E-state index in [1.54, 1.807) is 30.0 Å². The van der Waals surface area contributed by atoms with E-state index in [0.717, 1.165) is 15.7 Å². The van der Waals surface area contributed by atoms with Crippen molar-refractivity contribution in [3.63, 3.8) is 0 Å². The van der Waals surface area contributed by atoms with Crippen LogP contribution < -0.4 is 10.1 Å². The molecule has 0 aliphatic carbocycles. The highest BCUT2D eigenvalue weighted by Gasteiger charge is 2.14. The maximum Gasteiger partial charge on any atom is 0.261 e. The fraction of sp³-hybridized carbons (Fsp3) is 0.150. The molecule has 7 heteroatoms. The smallest absolute Gasteiger partial charge is 0.261 e. The third-order valence-electron chi connectivity index (χ3n) is 3.47. The summed E-state index contributed by atoms with van der Waals surface area (Å²) in [5, 5.41) is 11.4. The molecule has 1 aromatic heterocycles. The number of anilines is 1. The molecule has 138 valence electrons. The standard InChI is InChI=1S/C20H19N3O2S2/c1-2-25-17-13-7-6-12-16(17)18(24)21-19-22-23-20(27-19)26-14-8-11-15-9-4-3-5-10-15/h3-13H,2,14H2,1H3,(H,21,22,24)/b11-8+. The Morgan fingerprint density at radius 3 is 2.74 bits per heavy atom. The van der Waals surface area contributed by atoms with Crippen LogP contribution in [-0.2, 0) is 0 Å². The van der Waals surface area contributed by atoms with E-state index in [1.807, 2.05) is 31.2 Å². The third kappa shape index (κ3) is 5.67. The molecule has 0 spiro atoms. The number of ether oxygens (including phenoxy) is 1. The maximum absolute atomic E-state index is 12.5. The highest BCUT2D eigenvalue weighted by atomic mass is 32.2. The normalized spacial score (nSPS) is 10.9. The number of hydrogen-bond donors (Lipinski definition) is 1. The van der Waals surface area contributed by atoms with Crippen LogP contribution in [0.4, 0.5) is 5.13 Å². The Kier molecular flexibility index (Phi) is 7.01. The van der Waals surface area contributed by atoms with Gasteiger partial charge >= 0.3 is 0 Å². The van der Waals surface area contributed by atoms with Gasteiger partial charge in [-0.25, -0.2) is 0 Å². The number of hydrogen-bond acceptors (Lipinski definition) is 6. The quantitative estimate of drug-likeness (QED) is 0.428. The van der Waals surface area contributed by atoms with E-state index in [2.05, 4.69) is 39.8 Å². The number of rotatable bonds is 8. The van der Waals surface area contributed by atoms with Gasteiger partial charge in [-0.15, -0.1) is 10.2 Å². The largest absolute Gasteiger partial charge is 0.493 e. The Hall–Kier alpha value is -2.64. The molecule has 1 amide bonds. The van der Waals surface area contributed by atoms with Crippen molar-refractivity contribution in [1.29, 1.82) is 0 Å². The number of carbonyl (C=O) groups is 1. The Morgan fingerprint density at radius 1 is 1.15 bits per heavy atom. The van der Waals surface area contributed by atoms with Gasteiger partial charge in [-0.05, 0) is 24.6 Å². The molecule has 0 unspecified atom stereocenters. The van der Waals surface area contributed by atoms with Gasteiger partial charge in [0.25, 0.3) is 5.91 Å². The molecule has 3 rings (SSSR count). The minimum absolute atomic E-state index is 0.254. The third-order valence-corrected chi connectivity index (χ3v) is 5.40. The number of nitrogens with one attached hydrogen (secondary N) is 1. The molecular formula is C20H19N3O2S2. The predicted molar refractivity (Wildman–Crippen MR) is 112 cm³/mol. The molecule has 0 bridgehead atoms. The molecule has 1 N–H and O–H groups in total. The van der Waals surface area contributed by atoms with Gasteiger partial charge in [0.05, 0.1) is 12.2 Å². The lowest BCUT2D eigenvalue weighted by Gasteiger charge is -2.08. The van der Waals surface area contributed by atoms with Crippen LogP contribution in [0, 0.1) is 0 Å². The van der Waals surface area contributed by atoms with Crippen LogP contribution in [0.2, 0.25) is 0 Å². The summed E-state index contributed by atoms with van der Waals surface area (Å²) in [7, 11) is 0. The van der Waals surface area contributed by atoms with Crippen molar-refractivity contribution in [1.82, 2.24) is 10.2 Å². The van der Waals surface area contributed by atoms with Crippen molar-refractivity contribution >= 4 is 40.2 Å². The molecule has 27 heavy (non-hydrogen) atoms. The van der Waals surface area contributed by atoms with Crippen molar-refractivity contribution in [2.45, 2.75) is 11.3 Å². The van der Waals surface area contributed by atoms with Gasteiger partial charge in [-0.2, -0.15) is 0 Å². The average molecular weight is 398 g/mol. The first kappa shape index (κ1) is 19.1. The Balaban J connectivity index is 1.55.